The van der Waals surface area contributed by atoms with Crippen LogP contribution in [0.3, 0.4) is 0 Å². The lowest BCUT2D eigenvalue weighted by atomic mass is 10.1. The second kappa shape index (κ2) is 9.24. The highest BCUT2D eigenvalue weighted by molar-refractivity contribution is 7.89. The molecule has 1 heterocycles. The van der Waals surface area contributed by atoms with Crippen molar-refractivity contribution in [3.63, 3.8) is 0 Å². The smallest absolute Gasteiger partial charge is 0.410 e. The van der Waals surface area contributed by atoms with Crippen molar-refractivity contribution < 1.29 is 22.7 Å². The van der Waals surface area contributed by atoms with Gasteiger partial charge in [-0.25, -0.2) is 17.9 Å². The van der Waals surface area contributed by atoms with Crippen LogP contribution < -0.4 is 10.0 Å². The van der Waals surface area contributed by atoms with E-state index < -0.39 is 27.6 Å². The Morgan fingerprint density at radius 2 is 1.86 bits per heavy atom. The fourth-order valence-corrected chi connectivity index (χ4v) is 4.33. The molecule has 1 aromatic carbocycles. The van der Waals surface area contributed by atoms with Crippen molar-refractivity contribution in [3.05, 3.63) is 24.3 Å². The maximum Gasteiger partial charge on any atom is 0.410 e. The minimum absolute atomic E-state index is 0.0686. The highest BCUT2D eigenvalue weighted by atomic mass is 32.2. The summed E-state index contributed by atoms with van der Waals surface area (Å²) in [6, 6.07) is 7.38. The summed E-state index contributed by atoms with van der Waals surface area (Å²) in [5.41, 5.74) is -0.471. The van der Waals surface area contributed by atoms with E-state index >= 15 is 0 Å². The van der Waals surface area contributed by atoms with Crippen LogP contribution in [0.25, 0.3) is 0 Å². The van der Waals surface area contributed by atoms with Gasteiger partial charge >= 0.3 is 6.09 Å². The Morgan fingerprint density at radius 1 is 1.24 bits per heavy atom. The number of rotatable bonds is 5. The van der Waals surface area contributed by atoms with E-state index in [2.05, 4.69) is 10.0 Å². The quantitative estimate of drug-likeness (QED) is 0.749. The van der Waals surface area contributed by atoms with Crippen molar-refractivity contribution in [2.24, 2.45) is 0 Å². The Bertz CT molecular complexity index is 894. The number of nitrogens with one attached hydrogen (secondary N) is 2. The van der Waals surface area contributed by atoms with E-state index in [1.165, 1.54) is 12.1 Å². The Labute approximate surface area is 171 Å². The third kappa shape index (κ3) is 6.73. The van der Waals surface area contributed by atoms with E-state index in [4.69, 9.17) is 10.00 Å². The predicted octanol–water partition coefficient (Wildman–Crippen LogP) is 2.22. The number of anilines is 1. The van der Waals surface area contributed by atoms with Crippen molar-refractivity contribution in [1.82, 2.24) is 9.62 Å². The summed E-state index contributed by atoms with van der Waals surface area (Å²) >= 11 is 0. The van der Waals surface area contributed by atoms with Crippen LogP contribution >= 0.6 is 0 Å². The number of benzene rings is 1. The van der Waals surface area contributed by atoms with Gasteiger partial charge in [-0.1, -0.05) is 12.1 Å². The lowest BCUT2D eigenvalue weighted by Gasteiger charge is -2.33. The molecule has 0 unspecified atom stereocenters. The molecule has 2 N–H and O–H groups in total. The zero-order valence-corrected chi connectivity index (χ0v) is 17.6. The van der Waals surface area contributed by atoms with Gasteiger partial charge in [0, 0.05) is 19.1 Å². The number of likely N-dealkylation sites (tertiary alicyclic amines) is 1. The molecular formula is C19H26N4O5S. The summed E-state index contributed by atoms with van der Waals surface area (Å²) in [6.07, 6.45) is 0.109. The molecule has 1 saturated heterocycles. The van der Waals surface area contributed by atoms with Crippen LogP contribution in [0.1, 0.15) is 40.0 Å². The number of para-hydroxylation sites is 1. The minimum atomic E-state index is -3.90. The van der Waals surface area contributed by atoms with E-state index in [1.54, 1.807) is 43.9 Å². The molecular weight excluding hydrogens is 396 g/mol. The summed E-state index contributed by atoms with van der Waals surface area (Å²) < 4.78 is 33.6. The van der Waals surface area contributed by atoms with Gasteiger partial charge in [0.25, 0.3) is 0 Å². The molecule has 0 saturated carbocycles. The highest BCUT2D eigenvalue weighted by Crippen LogP contribution is 2.23. The molecule has 0 bridgehead atoms. The molecule has 29 heavy (non-hydrogen) atoms. The molecule has 158 valence electrons. The van der Waals surface area contributed by atoms with E-state index in [0.29, 0.717) is 25.9 Å². The second-order valence-corrected chi connectivity index (χ2v) is 9.42. The first-order valence-corrected chi connectivity index (χ1v) is 10.8. The summed E-state index contributed by atoms with van der Waals surface area (Å²) in [6.45, 7) is 6.13. The van der Waals surface area contributed by atoms with Gasteiger partial charge in [-0.2, -0.15) is 5.26 Å². The standard InChI is InChI=1S/C19H26N4O5S/c1-19(2,3)28-18(25)23-12-9-14(10-13-23)22-29(26,27)16-7-5-4-6-15(16)21-17(24)8-11-20/h4-7,14,22H,8-10,12-13H2,1-3H3,(H,21,24). The maximum atomic E-state index is 12.8. The SMILES string of the molecule is CC(C)(C)OC(=O)N1CCC(NS(=O)(=O)c2ccccc2NC(=O)CC#N)CC1. The average Bonchev–Trinajstić information content (AvgIpc) is 2.61. The Balaban J connectivity index is 2.02. The summed E-state index contributed by atoms with van der Waals surface area (Å²) in [7, 11) is -3.90. The molecule has 9 nitrogen and oxygen atoms in total. The highest BCUT2D eigenvalue weighted by Gasteiger charge is 2.30. The third-order valence-corrected chi connectivity index (χ3v) is 5.74. The Hall–Kier alpha value is -2.64. The number of nitriles is 1. The van der Waals surface area contributed by atoms with Crippen LogP contribution in [0.15, 0.2) is 29.2 Å². The number of carbonyl (C=O) groups is 2. The molecule has 1 aliphatic heterocycles. The van der Waals surface area contributed by atoms with Crippen molar-refractivity contribution in [3.8, 4) is 6.07 Å². The molecule has 0 spiro atoms. The van der Waals surface area contributed by atoms with Crippen LogP contribution in [-0.4, -0.2) is 50.1 Å². The van der Waals surface area contributed by atoms with Gasteiger partial charge in [0.2, 0.25) is 15.9 Å². The van der Waals surface area contributed by atoms with Crippen LogP contribution in [-0.2, 0) is 19.6 Å². The largest absolute Gasteiger partial charge is 0.444 e. The Morgan fingerprint density at radius 3 is 2.45 bits per heavy atom. The summed E-state index contributed by atoms with van der Waals surface area (Å²) in [4.78, 5) is 25.3. The van der Waals surface area contributed by atoms with Crippen LogP contribution in [0.2, 0.25) is 0 Å². The maximum absolute atomic E-state index is 12.8. The molecule has 0 atom stereocenters. The lowest BCUT2D eigenvalue weighted by Crippen LogP contribution is -2.47. The lowest BCUT2D eigenvalue weighted by molar-refractivity contribution is -0.115. The van der Waals surface area contributed by atoms with Gasteiger partial charge in [-0.3, -0.25) is 4.79 Å². The fourth-order valence-electron chi connectivity index (χ4n) is 2.86. The van der Waals surface area contributed by atoms with Gasteiger partial charge in [-0.15, -0.1) is 0 Å². The van der Waals surface area contributed by atoms with Crippen molar-refractivity contribution in [2.75, 3.05) is 18.4 Å². The molecule has 0 aliphatic carbocycles. The van der Waals surface area contributed by atoms with Crippen LogP contribution in [0.5, 0.6) is 0 Å². The summed E-state index contributed by atoms with van der Waals surface area (Å²) in [5, 5.41) is 11.1. The first-order valence-electron chi connectivity index (χ1n) is 9.28. The second-order valence-electron chi connectivity index (χ2n) is 7.74. The molecule has 2 amide bonds. The van der Waals surface area contributed by atoms with Gasteiger partial charge in [0.15, 0.2) is 0 Å². The van der Waals surface area contributed by atoms with E-state index in [1.807, 2.05) is 0 Å². The van der Waals surface area contributed by atoms with E-state index in [-0.39, 0.29) is 23.0 Å². The molecule has 2 rings (SSSR count). The first-order chi connectivity index (χ1) is 13.5. The minimum Gasteiger partial charge on any atom is -0.444 e. The molecule has 10 heteroatoms. The van der Waals surface area contributed by atoms with Gasteiger partial charge < -0.3 is 15.0 Å². The number of carbonyl (C=O) groups excluding carboxylic acids is 2. The first kappa shape index (κ1) is 22.6. The number of sulfonamides is 1. The number of nitrogens with zero attached hydrogens (tertiary/aromatic N) is 2. The van der Waals surface area contributed by atoms with E-state index in [0.717, 1.165) is 0 Å². The van der Waals surface area contributed by atoms with Crippen LogP contribution in [0.4, 0.5) is 10.5 Å². The van der Waals surface area contributed by atoms with Crippen LogP contribution in [0, 0.1) is 11.3 Å². The number of hydrogen-bond acceptors (Lipinski definition) is 6. The van der Waals surface area contributed by atoms with Crippen molar-refractivity contribution in [1.29, 1.82) is 5.26 Å². The molecule has 0 aromatic heterocycles. The van der Waals surface area contributed by atoms with Gasteiger partial charge in [-0.05, 0) is 45.7 Å². The molecule has 0 radical (unpaired) electrons. The molecule has 1 aliphatic rings. The third-order valence-electron chi connectivity index (χ3n) is 4.16. The Kier molecular flexibility index (Phi) is 7.21. The average molecular weight is 423 g/mol. The molecule has 1 aromatic rings. The topological polar surface area (TPSA) is 129 Å². The number of piperidine rings is 1. The van der Waals surface area contributed by atoms with Gasteiger partial charge in [0.05, 0.1) is 11.8 Å². The zero-order valence-electron chi connectivity index (χ0n) is 16.8. The van der Waals surface area contributed by atoms with Crippen molar-refractivity contribution in [2.45, 2.75) is 56.6 Å². The number of ether oxygens (including phenoxy) is 1. The van der Waals surface area contributed by atoms with Gasteiger partial charge in [0.1, 0.15) is 16.9 Å². The summed E-state index contributed by atoms with van der Waals surface area (Å²) in [5.74, 6) is -0.583. The molecule has 1 fully saturated rings. The predicted molar refractivity (Wildman–Crippen MR) is 106 cm³/mol. The normalized spacial score (nSPS) is 15.4. The zero-order chi connectivity index (χ0) is 21.7. The number of hydrogen-bond donors (Lipinski definition) is 2. The monoisotopic (exact) mass is 422 g/mol. The van der Waals surface area contributed by atoms with E-state index in [9.17, 15) is 18.0 Å². The van der Waals surface area contributed by atoms with Crippen molar-refractivity contribution >= 4 is 27.7 Å². The fraction of sp³-hybridized carbons (Fsp3) is 0.526. The number of amides is 2.